The molecule has 0 bridgehead atoms. The zero-order valence-corrected chi connectivity index (χ0v) is 18.2. The number of halogens is 1. The highest BCUT2D eigenvalue weighted by atomic mass is 79.9. The molecule has 1 aliphatic rings. The molecule has 2 aromatic carbocycles. The number of piperazine rings is 1. The van der Waals surface area contributed by atoms with Gasteiger partial charge in [-0.1, -0.05) is 41.1 Å². The predicted octanol–water partition coefficient (Wildman–Crippen LogP) is 2.81. The van der Waals surface area contributed by atoms with Gasteiger partial charge in [-0.05, 0) is 42.9 Å². The van der Waals surface area contributed by atoms with E-state index in [0.717, 1.165) is 24.1 Å². The van der Waals surface area contributed by atoms with E-state index in [9.17, 15) is 13.2 Å². The Morgan fingerprint density at radius 2 is 1.61 bits per heavy atom. The van der Waals surface area contributed by atoms with Gasteiger partial charge in [-0.3, -0.25) is 9.10 Å². The van der Waals surface area contributed by atoms with Crippen molar-refractivity contribution >= 4 is 37.5 Å². The number of hydrogen-bond donors (Lipinski definition) is 0. The Morgan fingerprint density at radius 1 is 1.00 bits per heavy atom. The highest BCUT2D eigenvalue weighted by Gasteiger charge is 2.29. The highest BCUT2D eigenvalue weighted by molar-refractivity contribution is 9.10. The molecule has 0 aromatic heterocycles. The predicted molar refractivity (Wildman–Crippen MR) is 114 cm³/mol. The maximum Gasteiger partial charge on any atom is 0.264 e. The smallest absolute Gasteiger partial charge is 0.264 e. The first-order valence-electron chi connectivity index (χ1n) is 9.25. The summed E-state index contributed by atoms with van der Waals surface area (Å²) >= 11 is 3.37. The molecule has 1 heterocycles. The van der Waals surface area contributed by atoms with E-state index in [-0.39, 0.29) is 17.3 Å². The number of nitrogens with zero attached hydrogens (tertiary/aromatic N) is 3. The number of likely N-dealkylation sites (N-methyl/N-ethyl adjacent to an activating group) is 1. The second kappa shape index (κ2) is 9.07. The van der Waals surface area contributed by atoms with E-state index in [2.05, 4.69) is 27.8 Å². The summed E-state index contributed by atoms with van der Waals surface area (Å²) in [5.74, 6) is -0.182. The minimum absolute atomic E-state index is 0.168. The third-order valence-electron chi connectivity index (χ3n) is 4.90. The van der Waals surface area contributed by atoms with Crippen molar-refractivity contribution in [1.29, 1.82) is 0 Å². The molecule has 0 radical (unpaired) electrons. The van der Waals surface area contributed by atoms with Gasteiger partial charge in [0.15, 0.2) is 0 Å². The summed E-state index contributed by atoms with van der Waals surface area (Å²) in [7, 11) is -3.86. The van der Waals surface area contributed by atoms with Gasteiger partial charge in [-0.2, -0.15) is 0 Å². The fraction of sp³-hybridized carbons (Fsp3) is 0.350. The number of carbonyl (C=O) groups excluding carboxylic acids is 1. The molecule has 1 fully saturated rings. The van der Waals surface area contributed by atoms with Crippen molar-refractivity contribution in [3.63, 3.8) is 0 Å². The molecule has 8 heteroatoms. The molecule has 2 aromatic rings. The summed E-state index contributed by atoms with van der Waals surface area (Å²) in [6.45, 7) is 5.69. The van der Waals surface area contributed by atoms with Crippen LogP contribution in [0.15, 0.2) is 64.0 Å². The minimum Gasteiger partial charge on any atom is -0.339 e. The largest absolute Gasteiger partial charge is 0.339 e. The second-order valence-electron chi connectivity index (χ2n) is 6.62. The van der Waals surface area contributed by atoms with Crippen molar-refractivity contribution in [2.45, 2.75) is 11.8 Å². The van der Waals surface area contributed by atoms with E-state index in [1.807, 2.05) is 0 Å². The molecular weight excluding hydrogens is 442 g/mol. The number of amides is 1. The van der Waals surface area contributed by atoms with E-state index in [1.54, 1.807) is 59.5 Å². The summed E-state index contributed by atoms with van der Waals surface area (Å²) in [6, 6.07) is 15.2. The van der Waals surface area contributed by atoms with Crippen LogP contribution in [-0.2, 0) is 14.8 Å². The molecule has 6 nitrogen and oxygen atoms in total. The number of sulfonamides is 1. The maximum atomic E-state index is 13.3. The molecular formula is C20H24BrN3O3S. The SMILES string of the molecule is CCN1CCN(C(=O)CN(c2ccc(Br)cc2)S(=O)(=O)c2ccccc2)CC1. The van der Waals surface area contributed by atoms with E-state index in [4.69, 9.17) is 0 Å². The molecule has 1 saturated heterocycles. The first-order chi connectivity index (χ1) is 13.4. The minimum atomic E-state index is -3.86. The number of carbonyl (C=O) groups is 1. The molecule has 0 atom stereocenters. The molecule has 3 rings (SSSR count). The van der Waals surface area contributed by atoms with Crippen molar-refractivity contribution in [2.75, 3.05) is 43.6 Å². The number of anilines is 1. The van der Waals surface area contributed by atoms with Crippen molar-refractivity contribution in [3.8, 4) is 0 Å². The molecule has 0 spiro atoms. The zero-order valence-electron chi connectivity index (χ0n) is 15.8. The lowest BCUT2D eigenvalue weighted by molar-refractivity contribution is -0.131. The van der Waals surface area contributed by atoms with Gasteiger partial charge in [0, 0.05) is 30.7 Å². The topological polar surface area (TPSA) is 60.9 Å². The molecule has 0 aliphatic carbocycles. The second-order valence-corrected chi connectivity index (χ2v) is 9.39. The summed E-state index contributed by atoms with van der Waals surface area (Å²) in [5, 5.41) is 0. The average Bonchev–Trinajstić information content (AvgIpc) is 2.73. The fourth-order valence-electron chi connectivity index (χ4n) is 3.18. The van der Waals surface area contributed by atoms with Crippen molar-refractivity contribution in [2.24, 2.45) is 0 Å². The highest BCUT2D eigenvalue weighted by Crippen LogP contribution is 2.25. The number of benzene rings is 2. The fourth-order valence-corrected chi connectivity index (χ4v) is 4.88. The first kappa shape index (κ1) is 20.8. The van der Waals surface area contributed by atoms with Gasteiger partial charge in [0.25, 0.3) is 10.0 Å². The molecule has 1 aliphatic heterocycles. The van der Waals surface area contributed by atoms with Crippen LogP contribution in [0.2, 0.25) is 0 Å². The van der Waals surface area contributed by atoms with Crippen molar-refractivity contribution in [1.82, 2.24) is 9.80 Å². The monoisotopic (exact) mass is 465 g/mol. The van der Waals surface area contributed by atoms with Gasteiger partial charge < -0.3 is 9.80 Å². The number of rotatable bonds is 6. The standard InChI is InChI=1S/C20H24BrN3O3S/c1-2-22-12-14-23(15-13-22)20(25)16-24(18-10-8-17(21)9-11-18)28(26,27)19-6-4-3-5-7-19/h3-11H,2,12-16H2,1H3. The van der Waals surface area contributed by atoms with Gasteiger partial charge in [0.05, 0.1) is 10.6 Å². The molecule has 28 heavy (non-hydrogen) atoms. The summed E-state index contributed by atoms with van der Waals surface area (Å²) in [5.41, 5.74) is 0.465. The molecule has 150 valence electrons. The van der Waals surface area contributed by atoms with Crippen LogP contribution in [0.4, 0.5) is 5.69 Å². The maximum absolute atomic E-state index is 13.3. The first-order valence-corrected chi connectivity index (χ1v) is 11.5. The van der Waals surface area contributed by atoms with Crippen LogP contribution in [0, 0.1) is 0 Å². The lowest BCUT2D eigenvalue weighted by atomic mass is 10.3. The molecule has 0 N–H and O–H groups in total. The Morgan fingerprint density at radius 3 is 2.18 bits per heavy atom. The van der Waals surface area contributed by atoms with Crippen LogP contribution in [0.25, 0.3) is 0 Å². The Bertz CT molecular complexity index is 896. The van der Waals surface area contributed by atoms with Crippen LogP contribution in [0.5, 0.6) is 0 Å². The van der Waals surface area contributed by atoms with Crippen LogP contribution in [0.3, 0.4) is 0 Å². The molecule has 0 unspecified atom stereocenters. The van der Waals surface area contributed by atoms with Gasteiger partial charge in [0.1, 0.15) is 6.54 Å². The third-order valence-corrected chi connectivity index (χ3v) is 7.21. The molecule has 0 saturated carbocycles. The van der Waals surface area contributed by atoms with Gasteiger partial charge in [0.2, 0.25) is 5.91 Å². The van der Waals surface area contributed by atoms with E-state index in [1.165, 1.54) is 4.31 Å². The van der Waals surface area contributed by atoms with E-state index < -0.39 is 10.0 Å². The normalized spacial score (nSPS) is 15.4. The Kier molecular flexibility index (Phi) is 6.74. The summed E-state index contributed by atoms with van der Waals surface area (Å²) < 4.78 is 28.6. The van der Waals surface area contributed by atoms with Crippen LogP contribution in [0.1, 0.15) is 6.92 Å². The lowest BCUT2D eigenvalue weighted by Gasteiger charge is -2.35. The van der Waals surface area contributed by atoms with E-state index >= 15 is 0 Å². The quantitative estimate of drug-likeness (QED) is 0.657. The van der Waals surface area contributed by atoms with Crippen LogP contribution >= 0.6 is 15.9 Å². The molecule has 1 amide bonds. The van der Waals surface area contributed by atoms with Gasteiger partial charge in [-0.25, -0.2) is 8.42 Å². The summed E-state index contributed by atoms with van der Waals surface area (Å²) in [4.78, 5) is 17.1. The average molecular weight is 466 g/mol. The van der Waals surface area contributed by atoms with Crippen molar-refractivity contribution in [3.05, 3.63) is 59.1 Å². The van der Waals surface area contributed by atoms with Gasteiger partial charge in [-0.15, -0.1) is 0 Å². The van der Waals surface area contributed by atoms with Crippen LogP contribution in [-0.4, -0.2) is 63.4 Å². The summed E-state index contributed by atoms with van der Waals surface area (Å²) in [6.07, 6.45) is 0. The lowest BCUT2D eigenvalue weighted by Crippen LogP contribution is -2.51. The Balaban J connectivity index is 1.87. The van der Waals surface area contributed by atoms with Gasteiger partial charge >= 0.3 is 0 Å². The number of hydrogen-bond acceptors (Lipinski definition) is 4. The van der Waals surface area contributed by atoms with Crippen molar-refractivity contribution < 1.29 is 13.2 Å². The third kappa shape index (κ3) is 4.74. The Labute approximate surface area is 174 Å². The Hall–Kier alpha value is -1.90. The van der Waals surface area contributed by atoms with E-state index in [0.29, 0.717) is 18.8 Å². The van der Waals surface area contributed by atoms with Crippen LogP contribution < -0.4 is 4.31 Å². The zero-order chi connectivity index (χ0) is 20.1.